The van der Waals surface area contributed by atoms with Crippen LogP contribution in [0.4, 0.5) is 0 Å². The summed E-state index contributed by atoms with van der Waals surface area (Å²) in [6.07, 6.45) is 20.5. The minimum absolute atomic E-state index is 0.427. The predicted molar refractivity (Wildman–Crippen MR) is 109 cm³/mol. The Hall–Kier alpha value is -0.660. The summed E-state index contributed by atoms with van der Waals surface area (Å²) in [6, 6.07) is 0. The zero-order valence-electron chi connectivity index (χ0n) is 17.3. The van der Waals surface area contributed by atoms with Gasteiger partial charge in [-0.2, -0.15) is 0 Å². The molecule has 0 N–H and O–H groups in total. The van der Waals surface area contributed by atoms with Crippen LogP contribution in [0.15, 0.2) is 0 Å². The number of hydrogen-bond acceptors (Lipinski definition) is 2. The van der Waals surface area contributed by atoms with Crippen molar-refractivity contribution in [3.05, 3.63) is 0 Å². The van der Waals surface area contributed by atoms with E-state index in [0.29, 0.717) is 30.3 Å². The quantitative estimate of drug-likeness (QED) is 0.329. The van der Waals surface area contributed by atoms with E-state index in [1.54, 1.807) is 0 Å². The molecule has 0 heterocycles. The van der Waals surface area contributed by atoms with E-state index in [1.807, 2.05) is 0 Å². The van der Waals surface area contributed by atoms with Gasteiger partial charge >= 0.3 is 0 Å². The van der Waals surface area contributed by atoms with Crippen LogP contribution in [0.1, 0.15) is 122 Å². The van der Waals surface area contributed by atoms with Gasteiger partial charge in [0.1, 0.15) is 11.6 Å². The molecule has 0 spiro atoms. The molecular formula is C24H42O2. The summed E-state index contributed by atoms with van der Waals surface area (Å²) in [5, 5.41) is 0. The normalized spacial score (nSPS) is 24.0. The third-order valence-electron chi connectivity index (χ3n) is 6.95. The number of Topliss-reactive ketones (excluding diaryl/α,β-unsaturated/α-hetero) is 2. The van der Waals surface area contributed by atoms with Crippen molar-refractivity contribution in [3.63, 3.8) is 0 Å². The lowest BCUT2D eigenvalue weighted by Gasteiger charge is -2.31. The van der Waals surface area contributed by atoms with Gasteiger partial charge in [-0.05, 0) is 43.4 Å². The third-order valence-corrected chi connectivity index (χ3v) is 6.95. The minimum atomic E-state index is 0.427. The summed E-state index contributed by atoms with van der Waals surface area (Å²) in [6.45, 7) is 2.26. The Morgan fingerprint density at radius 2 is 1.31 bits per heavy atom. The van der Waals surface area contributed by atoms with Crippen LogP contribution in [-0.4, -0.2) is 11.6 Å². The van der Waals surface area contributed by atoms with Gasteiger partial charge in [0, 0.05) is 25.7 Å². The van der Waals surface area contributed by atoms with E-state index in [9.17, 15) is 9.59 Å². The van der Waals surface area contributed by atoms with E-state index >= 15 is 0 Å². The van der Waals surface area contributed by atoms with Crippen molar-refractivity contribution in [1.29, 1.82) is 0 Å². The number of unbranched alkanes of at least 4 members (excludes halogenated alkanes) is 2. The van der Waals surface area contributed by atoms with Gasteiger partial charge in [0.15, 0.2) is 0 Å². The first-order valence-corrected chi connectivity index (χ1v) is 11.7. The van der Waals surface area contributed by atoms with E-state index in [1.165, 1.54) is 70.6 Å². The number of carbonyl (C=O) groups is 2. The van der Waals surface area contributed by atoms with E-state index in [0.717, 1.165) is 43.9 Å². The van der Waals surface area contributed by atoms with Crippen molar-refractivity contribution in [2.75, 3.05) is 0 Å². The van der Waals surface area contributed by atoms with E-state index in [4.69, 9.17) is 0 Å². The molecule has 2 rings (SSSR count). The molecule has 2 aliphatic carbocycles. The minimum Gasteiger partial charge on any atom is -0.300 e. The molecule has 2 saturated carbocycles. The van der Waals surface area contributed by atoms with Crippen LogP contribution in [0, 0.1) is 17.8 Å². The van der Waals surface area contributed by atoms with Crippen LogP contribution in [0.5, 0.6) is 0 Å². The van der Waals surface area contributed by atoms with Gasteiger partial charge in [-0.25, -0.2) is 0 Å². The van der Waals surface area contributed by atoms with Gasteiger partial charge in [-0.3, -0.25) is 9.59 Å². The molecule has 150 valence electrons. The molecule has 0 aromatic rings. The second kappa shape index (κ2) is 12.7. The van der Waals surface area contributed by atoms with Crippen molar-refractivity contribution in [1.82, 2.24) is 0 Å². The van der Waals surface area contributed by atoms with Crippen LogP contribution in [0.3, 0.4) is 0 Å². The first kappa shape index (κ1) is 21.6. The molecule has 26 heavy (non-hydrogen) atoms. The molecule has 0 aliphatic heterocycles. The molecule has 2 fully saturated rings. The Labute approximate surface area is 161 Å². The fourth-order valence-corrected chi connectivity index (χ4v) is 5.23. The standard InChI is InChI=1S/C24H42O2/c1-2-3-12-21-13-6-7-14-22(21)19-24(26)16-9-8-15-23(25)18-17-20-10-4-5-11-20/h20-22H,2-19H2,1H3/t21?,22-/m1/s1. The average molecular weight is 363 g/mol. The fraction of sp³-hybridized carbons (Fsp3) is 0.917. The summed E-state index contributed by atoms with van der Waals surface area (Å²) in [5.74, 6) is 3.14. The van der Waals surface area contributed by atoms with Crippen LogP contribution in [-0.2, 0) is 9.59 Å². The lowest BCUT2D eigenvalue weighted by Crippen LogP contribution is -2.22. The second-order valence-corrected chi connectivity index (χ2v) is 9.12. The fourth-order valence-electron chi connectivity index (χ4n) is 5.23. The summed E-state index contributed by atoms with van der Waals surface area (Å²) in [5.41, 5.74) is 0. The lowest BCUT2D eigenvalue weighted by atomic mass is 9.74. The third kappa shape index (κ3) is 8.35. The maximum Gasteiger partial charge on any atom is 0.133 e. The molecule has 2 atom stereocenters. The molecular weight excluding hydrogens is 320 g/mol. The maximum absolute atomic E-state index is 12.4. The predicted octanol–water partition coefficient (Wildman–Crippen LogP) is 7.04. The number of hydrogen-bond donors (Lipinski definition) is 0. The molecule has 0 saturated heterocycles. The van der Waals surface area contributed by atoms with E-state index in [-0.39, 0.29) is 0 Å². The smallest absolute Gasteiger partial charge is 0.133 e. The molecule has 0 aromatic carbocycles. The number of carbonyl (C=O) groups excluding carboxylic acids is 2. The van der Waals surface area contributed by atoms with E-state index in [2.05, 4.69) is 6.92 Å². The maximum atomic E-state index is 12.4. The van der Waals surface area contributed by atoms with Crippen LogP contribution in [0.25, 0.3) is 0 Å². The van der Waals surface area contributed by atoms with Gasteiger partial charge in [-0.15, -0.1) is 0 Å². The van der Waals surface area contributed by atoms with Crippen molar-refractivity contribution in [2.45, 2.75) is 122 Å². The summed E-state index contributed by atoms with van der Waals surface area (Å²) < 4.78 is 0. The van der Waals surface area contributed by atoms with Gasteiger partial charge in [0.25, 0.3) is 0 Å². The Morgan fingerprint density at radius 1 is 0.692 bits per heavy atom. The Kier molecular flexibility index (Phi) is 10.6. The zero-order valence-corrected chi connectivity index (χ0v) is 17.3. The molecule has 1 unspecified atom stereocenters. The first-order chi connectivity index (χ1) is 12.7. The summed E-state index contributed by atoms with van der Waals surface area (Å²) in [7, 11) is 0. The van der Waals surface area contributed by atoms with Gasteiger partial charge in [0.2, 0.25) is 0 Å². The molecule has 0 bridgehead atoms. The van der Waals surface area contributed by atoms with Crippen molar-refractivity contribution in [2.24, 2.45) is 17.8 Å². The van der Waals surface area contributed by atoms with Gasteiger partial charge in [0.05, 0.1) is 0 Å². The highest BCUT2D eigenvalue weighted by molar-refractivity contribution is 5.79. The SMILES string of the molecule is CCCCC1CCCC[C@@H]1CC(=O)CCCCC(=O)CCC1CCCC1. The highest BCUT2D eigenvalue weighted by Crippen LogP contribution is 2.36. The highest BCUT2D eigenvalue weighted by atomic mass is 16.1. The first-order valence-electron chi connectivity index (χ1n) is 11.7. The van der Waals surface area contributed by atoms with Crippen LogP contribution in [0.2, 0.25) is 0 Å². The highest BCUT2D eigenvalue weighted by Gasteiger charge is 2.26. The van der Waals surface area contributed by atoms with Crippen molar-refractivity contribution >= 4 is 11.6 Å². The number of ketones is 2. The largest absolute Gasteiger partial charge is 0.300 e. The van der Waals surface area contributed by atoms with Gasteiger partial charge in [-0.1, -0.05) is 71.1 Å². The lowest BCUT2D eigenvalue weighted by molar-refractivity contribution is -0.122. The summed E-state index contributed by atoms with van der Waals surface area (Å²) in [4.78, 5) is 24.4. The molecule has 0 radical (unpaired) electrons. The van der Waals surface area contributed by atoms with Crippen molar-refractivity contribution < 1.29 is 9.59 Å². The second-order valence-electron chi connectivity index (χ2n) is 9.12. The average Bonchev–Trinajstić information content (AvgIpc) is 3.16. The summed E-state index contributed by atoms with van der Waals surface area (Å²) >= 11 is 0. The topological polar surface area (TPSA) is 34.1 Å². The van der Waals surface area contributed by atoms with Gasteiger partial charge < -0.3 is 0 Å². The van der Waals surface area contributed by atoms with E-state index < -0.39 is 0 Å². The van der Waals surface area contributed by atoms with Crippen LogP contribution < -0.4 is 0 Å². The Bertz CT molecular complexity index is 408. The Balaban J connectivity index is 1.53. The Morgan fingerprint density at radius 3 is 2.00 bits per heavy atom. The zero-order chi connectivity index (χ0) is 18.6. The molecule has 0 aromatic heterocycles. The monoisotopic (exact) mass is 362 g/mol. The molecule has 0 amide bonds. The van der Waals surface area contributed by atoms with Crippen LogP contribution >= 0.6 is 0 Å². The molecule has 2 aliphatic rings. The number of rotatable bonds is 13. The van der Waals surface area contributed by atoms with Crippen molar-refractivity contribution in [3.8, 4) is 0 Å². The molecule has 2 heteroatoms. The molecule has 2 nitrogen and oxygen atoms in total.